The smallest absolute Gasteiger partial charge is 0.341 e. The van der Waals surface area contributed by atoms with Crippen molar-refractivity contribution < 1.29 is 23.9 Å². The van der Waals surface area contributed by atoms with E-state index in [0.717, 1.165) is 0 Å². The molecule has 7 heteroatoms. The molecular formula is C22H26N2O5. The molecule has 1 atom stereocenters. The Balaban J connectivity index is 2.07. The minimum atomic E-state index is -0.952. The minimum Gasteiger partial charge on any atom is -0.497 e. The summed E-state index contributed by atoms with van der Waals surface area (Å²) >= 11 is 0. The van der Waals surface area contributed by atoms with Crippen LogP contribution in [0.1, 0.15) is 41.5 Å². The van der Waals surface area contributed by atoms with Gasteiger partial charge in [-0.2, -0.15) is 0 Å². The van der Waals surface area contributed by atoms with Crippen LogP contribution in [-0.4, -0.2) is 37.5 Å². The van der Waals surface area contributed by atoms with Crippen LogP contribution in [0.3, 0.4) is 0 Å². The molecule has 29 heavy (non-hydrogen) atoms. The summed E-state index contributed by atoms with van der Waals surface area (Å²) in [5, 5.41) is 5.43. The maximum absolute atomic E-state index is 12.5. The number of anilines is 1. The lowest BCUT2D eigenvalue weighted by atomic mass is 10.1. The van der Waals surface area contributed by atoms with Gasteiger partial charge in [0, 0.05) is 12.1 Å². The molecule has 2 amide bonds. The molecule has 0 saturated heterocycles. The molecule has 0 saturated carbocycles. The summed E-state index contributed by atoms with van der Waals surface area (Å²) in [5.74, 6) is -0.517. The van der Waals surface area contributed by atoms with Crippen LogP contribution in [0.5, 0.6) is 5.75 Å². The van der Waals surface area contributed by atoms with Crippen molar-refractivity contribution in [2.45, 2.75) is 26.9 Å². The van der Waals surface area contributed by atoms with E-state index in [-0.39, 0.29) is 23.3 Å². The monoisotopic (exact) mass is 398 g/mol. The van der Waals surface area contributed by atoms with Gasteiger partial charge in [0.1, 0.15) is 5.75 Å². The van der Waals surface area contributed by atoms with E-state index in [0.29, 0.717) is 23.5 Å². The summed E-state index contributed by atoms with van der Waals surface area (Å²) in [4.78, 5) is 37.1. The number of methoxy groups -OCH3 is 1. The van der Waals surface area contributed by atoms with Crippen LogP contribution in [0.25, 0.3) is 0 Å². The number of benzene rings is 2. The summed E-state index contributed by atoms with van der Waals surface area (Å²) in [6.07, 6.45) is -0.952. The van der Waals surface area contributed by atoms with E-state index in [2.05, 4.69) is 10.6 Å². The van der Waals surface area contributed by atoms with Crippen LogP contribution >= 0.6 is 0 Å². The standard InChI is InChI=1S/C22H26N2O5/c1-14(2)13-23-20(25)15(3)29-22(27)18-7-5-6-8-19(18)24-21(26)16-9-11-17(28-4)12-10-16/h5-12,14-15H,13H2,1-4H3,(H,23,25)(H,24,26)/t15-/m1/s1. The molecular weight excluding hydrogens is 372 g/mol. The van der Waals surface area contributed by atoms with E-state index in [1.807, 2.05) is 13.8 Å². The van der Waals surface area contributed by atoms with Crippen LogP contribution in [0.2, 0.25) is 0 Å². The predicted octanol–water partition coefficient (Wildman–Crippen LogP) is 3.27. The normalized spacial score (nSPS) is 11.5. The second kappa shape index (κ2) is 10.3. The van der Waals surface area contributed by atoms with Crippen LogP contribution in [0, 0.1) is 5.92 Å². The highest BCUT2D eigenvalue weighted by atomic mass is 16.5. The van der Waals surface area contributed by atoms with Crippen molar-refractivity contribution in [2.75, 3.05) is 19.0 Å². The lowest BCUT2D eigenvalue weighted by Gasteiger charge is -2.16. The average molecular weight is 398 g/mol. The molecule has 0 fully saturated rings. The molecule has 0 radical (unpaired) electrons. The Morgan fingerprint density at radius 3 is 2.24 bits per heavy atom. The lowest BCUT2D eigenvalue weighted by molar-refractivity contribution is -0.129. The molecule has 0 aliphatic heterocycles. The number of carbonyl (C=O) groups is 3. The molecule has 2 N–H and O–H groups in total. The molecule has 2 rings (SSSR count). The highest BCUT2D eigenvalue weighted by molar-refractivity contribution is 6.08. The summed E-state index contributed by atoms with van der Waals surface area (Å²) in [6.45, 7) is 5.94. The number of hydrogen-bond acceptors (Lipinski definition) is 5. The third-order valence-electron chi connectivity index (χ3n) is 4.08. The molecule has 0 bridgehead atoms. The Bertz CT molecular complexity index is 862. The van der Waals surface area contributed by atoms with Crippen molar-refractivity contribution in [2.24, 2.45) is 5.92 Å². The van der Waals surface area contributed by atoms with E-state index in [1.54, 1.807) is 49.6 Å². The van der Waals surface area contributed by atoms with Gasteiger partial charge < -0.3 is 20.1 Å². The number of nitrogens with one attached hydrogen (secondary N) is 2. The Labute approximate surface area is 170 Å². The number of hydrogen-bond donors (Lipinski definition) is 2. The maximum Gasteiger partial charge on any atom is 0.341 e. The van der Waals surface area contributed by atoms with E-state index in [9.17, 15) is 14.4 Å². The van der Waals surface area contributed by atoms with Gasteiger partial charge >= 0.3 is 5.97 Å². The third-order valence-corrected chi connectivity index (χ3v) is 4.08. The van der Waals surface area contributed by atoms with Crippen molar-refractivity contribution in [1.82, 2.24) is 5.32 Å². The van der Waals surface area contributed by atoms with Crippen molar-refractivity contribution in [3.63, 3.8) is 0 Å². The number of rotatable bonds is 8. The number of carbonyl (C=O) groups excluding carboxylic acids is 3. The first-order valence-corrected chi connectivity index (χ1v) is 9.35. The molecule has 0 aliphatic rings. The van der Waals surface area contributed by atoms with Crippen molar-refractivity contribution >= 4 is 23.5 Å². The van der Waals surface area contributed by atoms with Crippen LogP contribution < -0.4 is 15.4 Å². The molecule has 154 valence electrons. The molecule has 0 heterocycles. The predicted molar refractivity (Wildman–Crippen MR) is 110 cm³/mol. The second-order valence-electron chi connectivity index (χ2n) is 6.91. The lowest BCUT2D eigenvalue weighted by Crippen LogP contribution is -2.37. The molecule has 7 nitrogen and oxygen atoms in total. The van der Waals surface area contributed by atoms with E-state index in [1.165, 1.54) is 13.0 Å². The quantitative estimate of drug-likeness (QED) is 0.666. The highest BCUT2D eigenvalue weighted by Crippen LogP contribution is 2.19. The summed E-state index contributed by atoms with van der Waals surface area (Å²) in [7, 11) is 1.54. The molecule has 2 aromatic rings. The summed E-state index contributed by atoms with van der Waals surface area (Å²) < 4.78 is 10.3. The number of ether oxygens (including phenoxy) is 2. The fraction of sp³-hybridized carbons (Fsp3) is 0.318. The van der Waals surface area contributed by atoms with Crippen molar-refractivity contribution in [3.05, 3.63) is 59.7 Å². The van der Waals surface area contributed by atoms with Crippen LogP contribution in [-0.2, 0) is 9.53 Å². The van der Waals surface area contributed by atoms with Gasteiger partial charge in [-0.05, 0) is 49.2 Å². The van der Waals surface area contributed by atoms with Gasteiger partial charge in [-0.25, -0.2) is 4.79 Å². The minimum absolute atomic E-state index is 0.165. The third kappa shape index (κ3) is 6.34. The summed E-state index contributed by atoms with van der Waals surface area (Å²) in [6, 6.07) is 13.1. The maximum atomic E-state index is 12.5. The number of para-hydroxylation sites is 1. The fourth-order valence-electron chi connectivity index (χ4n) is 2.43. The first-order valence-electron chi connectivity index (χ1n) is 9.35. The van der Waals surface area contributed by atoms with E-state index < -0.39 is 12.1 Å². The van der Waals surface area contributed by atoms with Gasteiger partial charge in [-0.1, -0.05) is 26.0 Å². The topological polar surface area (TPSA) is 93.7 Å². The van der Waals surface area contributed by atoms with Gasteiger partial charge in [0.25, 0.3) is 11.8 Å². The molecule has 0 spiro atoms. The first-order chi connectivity index (χ1) is 13.8. The molecule has 0 aliphatic carbocycles. The van der Waals surface area contributed by atoms with Crippen molar-refractivity contribution in [3.8, 4) is 5.75 Å². The van der Waals surface area contributed by atoms with Crippen LogP contribution in [0.15, 0.2) is 48.5 Å². The van der Waals surface area contributed by atoms with Gasteiger partial charge in [-0.15, -0.1) is 0 Å². The Kier molecular flexibility index (Phi) is 7.77. The zero-order valence-corrected chi connectivity index (χ0v) is 17.0. The number of esters is 1. The highest BCUT2D eigenvalue weighted by Gasteiger charge is 2.21. The summed E-state index contributed by atoms with van der Waals surface area (Å²) in [5.41, 5.74) is 0.876. The van der Waals surface area contributed by atoms with Gasteiger partial charge in [0.2, 0.25) is 0 Å². The van der Waals surface area contributed by atoms with Crippen molar-refractivity contribution in [1.29, 1.82) is 0 Å². The Morgan fingerprint density at radius 1 is 0.966 bits per heavy atom. The fourth-order valence-corrected chi connectivity index (χ4v) is 2.43. The Morgan fingerprint density at radius 2 is 1.62 bits per heavy atom. The second-order valence-corrected chi connectivity index (χ2v) is 6.91. The largest absolute Gasteiger partial charge is 0.497 e. The van der Waals surface area contributed by atoms with Gasteiger partial charge in [-0.3, -0.25) is 9.59 Å². The molecule has 0 unspecified atom stereocenters. The zero-order chi connectivity index (χ0) is 21.4. The van der Waals surface area contributed by atoms with Gasteiger partial charge in [0.05, 0.1) is 18.4 Å². The first kappa shape index (κ1) is 21.9. The van der Waals surface area contributed by atoms with E-state index in [4.69, 9.17) is 9.47 Å². The Hall–Kier alpha value is -3.35. The molecule has 0 aromatic heterocycles. The average Bonchev–Trinajstić information content (AvgIpc) is 2.72. The van der Waals surface area contributed by atoms with E-state index >= 15 is 0 Å². The zero-order valence-electron chi connectivity index (χ0n) is 17.0. The van der Waals surface area contributed by atoms with Gasteiger partial charge in [0.15, 0.2) is 6.10 Å². The molecule has 2 aromatic carbocycles. The van der Waals surface area contributed by atoms with Crippen LogP contribution in [0.4, 0.5) is 5.69 Å². The SMILES string of the molecule is COc1ccc(C(=O)Nc2ccccc2C(=O)O[C@H](C)C(=O)NCC(C)C)cc1. The number of amides is 2.